The molecule has 0 saturated carbocycles. The fourth-order valence-corrected chi connectivity index (χ4v) is 5.27. The molecule has 0 bridgehead atoms. The van der Waals surface area contributed by atoms with Crippen molar-refractivity contribution in [3.63, 3.8) is 0 Å². The Morgan fingerprint density at radius 1 is 0.562 bits per heavy atom. The minimum atomic E-state index is 0.102. The van der Waals surface area contributed by atoms with Crippen LogP contribution < -0.4 is 0 Å². The van der Waals surface area contributed by atoms with Gasteiger partial charge in [-0.05, 0) is 35.2 Å². The lowest BCUT2D eigenvalue weighted by Crippen LogP contribution is -2.03. The minimum absolute atomic E-state index is 0.102. The first-order valence-corrected chi connectivity index (χ1v) is 12.1. The number of thioether (sulfide) groups is 1. The quantitative estimate of drug-likeness (QED) is 0.292. The monoisotopic (exact) mass is 438 g/mol. The van der Waals surface area contributed by atoms with Gasteiger partial charge in [-0.3, -0.25) is 0 Å². The molecule has 1 nitrogen and oxygen atoms in total. The van der Waals surface area contributed by atoms with Crippen molar-refractivity contribution in [1.29, 1.82) is 0 Å². The van der Waals surface area contributed by atoms with Gasteiger partial charge in [0.05, 0.1) is 4.90 Å². The van der Waals surface area contributed by atoms with Crippen molar-refractivity contribution < 1.29 is 5.11 Å². The van der Waals surface area contributed by atoms with E-state index in [9.17, 15) is 5.11 Å². The first-order chi connectivity index (χ1) is 15.5. The third-order valence-corrected chi connectivity index (χ3v) is 7.46. The van der Waals surface area contributed by atoms with Crippen LogP contribution in [0.25, 0.3) is 0 Å². The molecule has 0 aromatic heterocycles. The summed E-state index contributed by atoms with van der Waals surface area (Å²) in [5.41, 5.74) is 5.97. The fourth-order valence-electron chi connectivity index (χ4n) is 4.16. The summed E-state index contributed by atoms with van der Waals surface area (Å²) in [6.45, 7) is 6.62. The molecule has 3 unspecified atom stereocenters. The molecule has 0 saturated heterocycles. The topological polar surface area (TPSA) is 20.2 Å². The molecule has 0 aliphatic heterocycles. The lowest BCUT2D eigenvalue weighted by molar-refractivity contribution is 0.452. The third-order valence-electron chi connectivity index (χ3n) is 6.27. The van der Waals surface area contributed by atoms with E-state index in [-0.39, 0.29) is 17.1 Å². The van der Waals surface area contributed by atoms with Crippen LogP contribution in [0.1, 0.15) is 65.7 Å². The van der Waals surface area contributed by atoms with E-state index in [2.05, 4.69) is 112 Å². The molecule has 0 heterocycles. The Balaban J connectivity index is 1.77. The highest BCUT2D eigenvalue weighted by molar-refractivity contribution is 7.99. The maximum Gasteiger partial charge on any atom is 0.132 e. The molecule has 162 valence electrons. The van der Waals surface area contributed by atoms with Crippen LogP contribution in [-0.4, -0.2) is 5.11 Å². The molecular formula is C30H30OS. The Kier molecular flexibility index (Phi) is 7.02. The second-order valence-corrected chi connectivity index (χ2v) is 9.78. The standard InChI is InChI=1S/C30H30OS/c1-21(24-13-7-4-8-14-24)27-19-28(22(2)25-15-9-5-10-16-25)30(31)29(20-27)32-23(3)26-17-11-6-12-18-26/h4-23,31H,1-3H3. The first-order valence-electron chi connectivity index (χ1n) is 11.2. The van der Waals surface area contributed by atoms with Crippen molar-refractivity contribution in [3.05, 3.63) is 131 Å². The van der Waals surface area contributed by atoms with E-state index in [1.54, 1.807) is 11.8 Å². The summed E-state index contributed by atoms with van der Waals surface area (Å²) < 4.78 is 0. The predicted molar refractivity (Wildman–Crippen MR) is 137 cm³/mol. The fraction of sp³-hybridized carbons (Fsp3) is 0.200. The summed E-state index contributed by atoms with van der Waals surface area (Å²) >= 11 is 1.73. The Hall–Kier alpha value is -2.97. The zero-order chi connectivity index (χ0) is 22.5. The zero-order valence-electron chi connectivity index (χ0n) is 18.9. The van der Waals surface area contributed by atoms with Crippen molar-refractivity contribution in [2.45, 2.75) is 42.8 Å². The number of rotatable bonds is 7. The summed E-state index contributed by atoms with van der Waals surface area (Å²) in [6.07, 6.45) is 0. The highest BCUT2D eigenvalue weighted by atomic mass is 32.2. The van der Waals surface area contributed by atoms with E-state index in [0.29, 0.717) is 5.75 Å². The normalized spacial score (nSPS) is 14.0. The van der Waals surface area contributed by atoms with Gasteiger partial charge in [-0.2, -0.15) is 0 Å². The van der Waals surface area contributed by atoms with Gasteiger partial charge < -0.3 is 5.11 Å². The van der Waals surface area contributed by atoms with Crippen molar-refractivity contribution in [2.75, 3.05) is 0 Å². The number of hydrogen-bond donors (Lipinski definition) is 1. The molecular weight excluding hydrogens is 408 g/mol. The number of phenols is 1. The molecule has 32 heavy (non-hydrogen) atoms. The van der Waals surface area contributed by atoms with Crippen LogP contribution in [0.15, 0.2) is 108 Å². The molecule has 0 aliphatic carbocycles. The number of hydrogen-bond acceptors (Lipinski definition) is 2. The van der Waals surface area contributed by atoms with E-state index < -0.39 is 0 Å². The van der Waals surface area contributed by atoms with Crippen LogP contribution in [0, 0.1) is 0 Å². The minimum Gasteiger partial charge on any atom is -0.506 e. The highest BCUT2D eigenvalue weighted by Crippen LogP contribution is 2.45. The van der Waals surface area contributed by atoms with Crippen LogP contribution in [0.2, 0.25) is 0 Å². The van der Waals surface area contributed by atoms with Crippen LogP contribution in [0.4, 0.5) is 0 Å². The molecule has 3 atom stereocenters. The average Bonchev–Trinajstić information content (AvgIpc) is 2.86. The van der Waals surface area contributed by atoms with Gasteiger partial charge in [-0.1, -0.05) is 111 Å². The molecule has 1 N–H and O–H groups in total. The van der Waals surface area contributed by atoms with Crippen molar-refractivity contribution in [3.8, 4) is 5.75 Å². The maximum absolute atomic E-state index is 11.4. The smallest absolute Gasteiger partial charge is 0.132 e. The lowest BCUT2D eigenvalue weighted by Gasteiger charge is -2.22. The van der Waals surface area contributed by atoms with Gasteiger partial charge in [-0.15, -0.1) is 11.8 Å². The van der Waals surface area contributed by atoms with E-state index >= 15 is 0 Å². The Labute approximate surface area is 196 Å². The largest absolute Gasteiger partial charge is 0.506 e. The lowest BCUT2D eigenvalue weighted by atomic mass is 9.87. The molecule has 0 fully saturated rings. The summed E-state index contributed by atoms with van der Waals surface area (Å²) in [5, 5.41) is 11.6. The summed E-state index contributed by atoms with van der Waals surface area (Å²) in [6, 6.07) is 35.9. The Morgan fingerprint density at radius 3 is 1.56 bits per heavy atom. The van der Waals surface area contributed by atoms with E-state index in [1.807, 2.05) is 12.1 Å². The van der Waals surface area contributed by atoms with Crippen LogP contribution >= 0.6 is 11.8 Å². The van der Waals surface area contributed by atoms with Gasteiger partial charge in [0.25, 0.3) is 0 Å². The number of benzene rings is 4. The first kappa shape index (κ1) is 22.2. The summed E-state index contributed by atoms with van der Waals surface area (Å²) in [7, 11) is 0. The molecule has 0 radical (unpaired) electrons. The second-order valence-electron chi connectivity index (χ2n) is 8.39. The third kappa shape index (κ3) is 4.92. The van der Waals surface area contributed by atoms with Crippen LogP contribution in [0.3, 0.4) is 0 Å². The predicted octanol–water partition coefficient (Wildman–Crippen LogP) is 8.55. The highest BCUT2D eigenvalue weighted by Gasteiger charge is 2.21. The summed E-state index contributed by atoms with van der Waals surface area (Å²) in [4.78, 5) is 0.944. The molecule has 0 aliphatic rings. The van der Waals surface area contributed by atoms with Gasteiger partial charge >= 0.3 is 0 Å². The molecule has 4 aromatic carbocycles. The Morgan fingerprint density at radius 2 is 1.03 bits per heavy atom. The van der Waals surface area contributed by atoms with Gasteiger partial charge in [0, 0.05) is 22.6 Å². The molecule has 4 aromatic rings. The molecule has 4 rings (SSSR count). The maximum atomic E-state index is 11.4. The summed E-state index contributed by atoms with van der Waals surface area (Å²) in [5.74, 6) is 0.744. The SMILES string of the molecule is CC(Sc1cc(C(C)c2ccccc2)cc(C(C)c2ccccc2)c1O)c1ccccc1. The average molecular weight is 439 g/mol. The van der Waals surface area contributed by atoms with Crippen molar-refractivity contribution in [2.24, 2.45) is 0 Å². The number of phenolic OH excluding ortho intramolecular Hbond substituents is 1. The van der Waals surface area contributed by atoms with Crippen molar-refractivity contribution >= 4 is 11.8 Å². The van der Waals surface area contributed by atoms with Gasteiger partial charge in [0.2, 0.25) is 0 Å². The van der Waals surface area contributed by atoms with Crippen LogP contribution in [-0.2, 0) is 0 Å². The van der Waals surface area contributed by atoms with Gasteiger partial charge in [0.1, 0.15) is 5.75 Å². The molecule has 0 amide bonds. The van der Waals surface area contributed by atoms with Gasteiger partial charge in [0.15, 0.2) is 0 Å². The van der Waals surface area contributed by atoms with Crippen LogP contribution in [0.5, 0.6) is 5.75 Å². The van der Waals surface area contributed by atoms with E-state index in [1.165, 1.54) is 22.3 Å². The van der Waals surface area contributed by atoms with E-state index in [4.69, 9.17) is 0 Å². The number of aromatic hydroxyl groups is 1. The zero-order valence-corrected chi connectivity index (χ0v) is 19.7. The van der Waals surface area contributed by atoms with Gasteiger partial charge in [-0.25, -0.2) is 0 Å². The van der Waals surface area contributed by atoms with E-state index in [0.717, 1.165) is 10.5 Å². The Bertz CT molecular complexity index is 1140. The molecule has 2 heteroatoms. The second kappa shape index (κ2) is 10.1. The molecule has 0 spiro atoms. The van der Waals surface area contributed by atoms with Crippen molar-refractivity contribution in [1.82, 2.24) is 0 Å².